The number of ether oxygens (including phenoxy) is 1. The van der Waals surface area contributed by atoms with Crippen molar-refractivity contribution in [3.63, 3.8) is 0 Å². The predicted octanol–water partition coefficient (Wildman–Crippen LogP) is 1.89. The number of methoxy groups -OCH3 is 1. The molecule has 96 valence electrons. The maximum Gasteiger partial charge on any atom is 0.0589 e. The van der Waals surface area contributed by atoms with Crippen LogP contribution in [0.15, 0.2) is 0 Å². The van der Waals surface area contributed by atoms with Crippen molar-refractivity contribution in [2.45, 2.75) is 51.2 Å². The Kier molecular flexibility index (Phi) is 6.32. The van der Waals surface area contributed by atoms with Crippen molar-refractivity contribution in [2.75, 3.05) is 27.3 Å². The Morgan fingerprint density at radius 2 is 2.12 bits per heavy atom. The molecule has 0 saturated heterocycles. The Labute approximate surface area is 99.8 Å². The first-order chi connectivity index (χ1) is 7.69. The number of aliphatic hydroxyl groups is 1. The monoisotopic (exact) mass is 229 g/mol. The fourth-order valence-corrected chi connectivity index (χ4v) is 2.84. The van der Waals surface area contributed by atoms with Crippen molar-refractivity contribution in [1.82, 2.24) is 4.90 Å². The van der Waals surface area contributed by atoms with Crippen molar-refractivity contribution >= 4 is 0 Å². The van der Waals surface area contributed by atoms with Crippen LogP contribution < -0.4 is 0 Å². The fourth-order valence-electron chi connectivity index (χ4n) is 2.84. The largest absolute Gasteiger partial charge is 0.393 e. The summed E-state index contributed by atoms with van der Waals surface area (Å²) in [4.78, 5) is 2.37. The average molecular weight is 229 g/mol. The highest BCUT2D eigenvalue weighted by Crippen LogP contribution is 2.31. The van der Waals surface area contributed by atoms with E-state index in [9.17, 15) is 5.11 Å². The molecule has 1 fully saturated rings. The third-order valence-electron chi connectivity index (χ3n) is 3.80. The molecule has 3 atom stereocenters. The Morgan fingerprint density at radius 1 is 1.38 bits per heavy atom. The zero-order chi connectivity index (χ0) is 12.0. The minimum Gasteiger partial charge on any atom is -0.393 e. The second-order valence-electron chi connectivity index (χ2n) is 5.06. The molecule has 0 heterocycles. The second-order valence-corrected chi connectivity index (χ2v) is 5.06. The molecule has 0 spiro atoms. The average Bonchev–Trinajstić information content (AvgIpc) is 2.28. The molecule has 16 heavy (non-hydrogen) atoms. The Balaban J connectivity index is 2.48. The molecule has 1 N–H and O–H groups in total. The van der Waals surface area contributed by atoms with Gasteiger partial charge in [-0.2, -0.15) is 0 Å². The maximum absolute atomic E-state index is 9.78. The molecule has 0 aromatic heterocycles. The minimum absolute atomic E-state index is 0.0944. The zero-order valence-corrected chi connectivity index (χ0v) is 11.0. The Bertz CT molecular complexity index is 187. The SMILES string of the molecule is CCCC1CCC(O)CC1N(C)CCOC. The third-order valence-corrected chi connectivity index (χ3v) is 3.80. The summed E-state index contributed by atoms with van der Waals surface area (Å²) >= 11 is 0. The van der Waals surface area contributed by atoms with E-state index in [0.29, 0.717) is 6.04 Å². The summed E-state index contributed by atoms with van der Waals surface area (Å²) < 4.78 is 5.12. The molecular formula is C13H27NO2. The van der Waals surface area contributed by atoms with Gasteiger partial charge >= 0.3 is 0 Å². The van der Waals surface area contributed by atoms with Gasteiger partial charge in [0, 0.05) is 19.7 Å². The van der Waals surface area contributed by atoms with Crippen LogP contribution in [0.1, 0.15) is 39.0 Å². The lowest BCUT2D eigenvalue weighted by Crippen LogP contribution is -2.44. The van der Waals surface area contributed by atoms with E-state index >= 15 is 0 Å². The van der Waals surface area contributed by atoms with Crippen LogP contribution in [0.5, 0.6) is 0 Å². The van der Waals surface area contributed by atoms with Crippen LogP contribution in [0.25, 0.3) is 0 Å². The molecule has 0 radical (unpaired) electrons. The van der Waals surface area contributed by atoms with Gasteiger partial charge in [-0.25, -0.2) is 0 Å². The lowest BCUT2D eigenvalue weighted by atomic mass is 9.80. The van der Waals surface area contributed by atoms with Gasteiger partial charge in [-0.1, -0.05) is 13.3 Å². The number of hydrogen-bond donors (Lipinski definition) is 1. The topological polar surface area (TPSA) is 32.7 Å². The summed E-state index contributed by atoms with van der Waals surface area (Å²) in [7, 11) is 3.90. The summed E-state index contributed by atoms with van der Waals surface area (Å²) in [6.07, 6.45) is 5.54. The summed E-state index contributed by atoms with van der Waals surface area (Å²) in [5, 5.41) is 9.78. The van der Waals surface area contributed by atoms with Gasteiger partial charge in [-0.15, -0.1) is 0 Å². The van der Waals surface area contributed by atoms with Gasteiger partial charge in [0.25, 0.3) is 0 Å². The molecule has 1 saturated carbocycles. The Hall–Kier alpha value is -0.120. The van der Waals surface area contributed by atoms with Gasteiger partial charge in [-0.05, 0) is 38.6 Å². The van der Waals surface area contributed by atoms with Crippen molar-refractivity contribution < 1.29 is 9.84 Å². The zero-order valence-electron chi connectivity index (χ0n) is 11.0. The lowest BCUT2D eigenvalue weighted by Gasteiger charge is -2.40. The van der Waals surface area contributed by atoms with E-state index < -0.39 is 0 Å². The van der Waals surface area contributed by atoms with E-state index in [1.807, 2.05) is 0 Å². The van der Waals surface area contributed by atoms with Gasteiger partial charge in [0.05, 0.1) is 12.7 Å². The van der Waals surface area contributed by atoms with E-state index in [0.717, 1.165) is 31.9 Å². The summed E-state index contributed by atoms with van der Waals surface area (Å²) in [5.41, 5.74) is 0. The number of rotatable bonds is 6. The number of hydrogen-bond acceptors (Lipinski definition) is 3. The van der Waals surface area contributed by atoms with Crippen LogP contribution in [-0.4, -0.2) is 49.5 Å². The summed E-state index contributed by atoms with van der Waals surface area (Å²) in [5.74, 6) is 0.759. The second kappa shape index (κ2) is 7.25. The molecule has 1 aliphatic carbocycles. The minimum atomic E-state index is -0.0944. The van der Waals surface area contributed by atoms with Gasteiger partial charge in [-0.3, -0.25) is 0 Å². The first-order valence-corrected chi connectivity index (χ1v) is 6.56. The van der Waals surface area contributed by atoms with E-state index in [1.54, 1.807) is 7.11 Å². The molecule has 0 aromatic rings. The smallest absolute Gasteiger partial charge is 0.0589 e. The number of aliphatic hydroxyl groups excluding tert-OH is 1. The van der Waals surface area contributed by atoms with Crippen LogP contribution in [0.4, 0.5) is 0 Å². The quantitative estimate of drug-likeness (QED) is 0.755. The van der Waals surface area contributed by atoms with Crippen LogP contribution in [0, 0.1) is 5.92 Å². The highest BCUT2D eigenvalue weighted by molar-refractivity contribution is 4.85. The molecule has 0 aromatic carbocycles. The molecular weight excluding hydrogens is 202 g/mol. The van der Waals surface area contributed by atoms with Crippen molar-refractivity contribution in [1.29, 1.82) is 0 Å². The van der Waals surface area contributed by atoms with E-state index in [1.165, 1.54) is 19.3 Å². The van der Waals surface area contributed by atoms with Crippen molar-refractivity contribution in [3.05, 3.63) is 0 Å². The normalized spacial score (nSPS) is 30.9. The maximum atomic E-state index is 9.78. The molecule has 3 unspecified atom stereocenters. The van der Waals surface area contributed by atoms with Crippen molar-refractivity contribution in [3.8, 4) is 0 Å². The highest BCUT2D eigenvalue weighted by atomic mass is 16.5. The number of likely N-dealkylation sites (N-methyl/N-ethyl adjacent to an activating group) is 1. The molecule has 0 amide bonds. The standard InChI is InChI=1S/C13H27NO2/c1-4-5-11-6-7-12(15)10-13(11)14(2)8-9-16-3/h11-13,15H,4-10H2,1-3H3. The van der Waals surface area contributed by atoms with Crippen LogP contribution >= 0.6 is 0 Å². The van der Waals surface area contributed by atoms with Crippen LogP contribution in [0.2, 0.25) is 0 Å². The molecule has 1 rings (SSSR count). The molecule has 0 bridgehead atoms. The first kappa shape index (κ1) is 13.9. The molecule has 1 aliphatic rings. The first-order valence-electron chi connectivity index (χ1n) is 6.56. The number of nitrogens with zero attached hydrogens (tertiary/aromatic N) is 1. The summed E-state index contributed by atoms with van der Waals surface area (Å²) in [6.45, 7) is 3.99. The van der Waals surface area contributed by atoms with Crippen molar-refractivity contribution in [2.24, 2.45) is 5.92 Å². The van der Waals surface area contributed by atoms with Gasteiger partial charge in [0.1, 0.15) is 0 Å². The highest BCUT2D eigenvalue weighted by Gasteiger charge is 2.31. The molecule has 0 aliphatic heterocycles. The fraction of sp³-hybridized carbons (Fsp3) is 1.00. The third kappa shape index (κ3) is 4.04. The van der Waals surface area contributed by atoms with Gasteiger partial charge in [0.2, 0.25) is 0 Å². The Morgan fingerprint density at radius 3 is 2.75 bits per heavy atom. The lowest BCUT2D eigenvalue weighted by molar-refractivity contribution is 0.0252. The summed E-state index contributed by atoms with van der Waals surface area (Å²) in [6, 6.07) is 0.541. The van der Waals surface area contributed by atoms with E-state index in [4.69, 9.17) is 4.74 Å². The predicted molar refractivity (Wildman–Crippen MR) is 66.5 cm³/mol. The molecule has 3 nitrogen and oxygen atoms in total. The van der Waals surface area contributed by atoms with Gasteiger partial charge < -0.3 is 14.7 Å². The van der Waals surface area contributed by atoms with Crippen LogP contribution in [0.3, 0.4) is 0 Å². The van der Waals surface area contributed by atoms with Gasteiger partial charge in [0.15, 0.2) is 0 Å². The van der Waals surface area contributed by atoms with E-state index in [-0.39, 0.29) is 6.10 Å². The van der Waals surface area contributed by atoms with E-state index in [2.05, 4.69) is 18.9 Å². The molecule has 3 heteroatoms. The van der Waals surface area contributed by atoms with Crippen LogP contribution in [-0.2, 0) is 4.74 Å².